The fourth-order valence-electron chi connectivity index (χ4n) is 5.06. The molecule has 5 heterocycles. The van der Waals surface area contributed by atoms with E-state index in [2.05, 4.69) is 25.2 Å². The standard InChI is InChI=1S/C23H21ClFN5O/c24-13-1-3-16-15(9-13)21(26-19-11-30-7-5-12(19)6-8-30)20(23(31)29-16)22-27-17-4-2-14(25)10-18(17)28-22/h1-4,9-10,12,19H,5-8,11H2,(H,27,28)(H2,26,29,31)/t19-/m0/s1. The number of aromatic nitrogens is 3. The summed E-state index contributed by atoms with van der Waals surface area (Å²) in [6.45, 7) is 3.21. The minimum absolute atomic E-state index is 0.243. The minimum atomic E-state index is -0.354. The summed E-state index contributed by atoms with van der Waals surface area (Å²) in [7, 11) is 0. The van der Waals surface area contributed by atoms with Crippen molar-refractivity contribution in [2.75, 3.05) is 25.0 Å². The molecule has 0 amide bonds. The first-order valence-electron chi connectivity index (χ1n) is 10.6. The summed E-state index contributed by atoms with van der Waals surface area (Å²) in [6, 6.07) is 10.1. The predicted molar refractivity (Wildman–Crippen MR) is 121 cm³/mol. The van der Waals surface area contributed by atoms with Crippen molar-refractivity contribution >= 4 is 39.2 Å². The molecule has 3 aliphatic heterocycles. The smallest absolute Gasteiger partial charge is 0.261 e. The molecule has 0 spiro atoms. The highest BCUT2D eigenvalue weighted by molar-refractivity contribution is 6.31. The van der Waals surface area contributed by atoms with Gasteiger partial charge in [0.2, 0.25) is 0 Å². The van der Waals surface area contributed by atoms with Crippen LogP contribution in [0.4, 0.5) is 10.1 Å². The Morgan fingerprint density at radius 3 is 2.71 bits per heavy atom. The Kier molecular flexibility index (Phi) is 4.30. The number of nitrogens with one attached hydrogen (secondary N) is 3. The lowest BCUT2D eigenvalue weighted by Gasteiger charge is -2.45. The van der Waals surface area contributed by atoms with Gasteiger partial charge in [0.1, 0.15) is 17.2 Å². The van der Waals surface area contributed by atoms with Crippen molar-refractivity contribution in [1.29, 1.82) is 0 Å². The second-order valence-electron chi connectivity index (χ2n) is 8.53. The van der Waals surface area contributed by atoms with Gasteiger partial charge in [0, 0.05) is 23.0 Å². The molecule has 6 nitrogen and oxygen atoms in total. The van der Waals surface area contributed by atoms with Gasteiger partial charge in [0.25, 0.3) is 5.56 Å². The van der Waals surface area contributed by atoms with Crippen LogP contribution in [0.5, 0.6) is 0 Å². The van der Waals surface area contributed by atoms with E-state index >= 15 is 0 Å². The van der Waals surface area contributed by atoms with Crippen molar-refractivity contribution in [2.45, 2.75) is 18.9 Å². The van der Waals surface area contributed by atoms with Gasteiger partial charge in [-0.1, -0.05) is 11.6 Å². The minimum Gasteiger partial charge on any atom is -0.379 e. The number of nitrogens with zero attached hydrogens (tertiary/aromatic N) is 2. The third kappa shape index (κ3) is 3.20. The zero-order chi connectivity index (χ0) is 21.1. The second-order valence-corrected chi connectivity index (χ2v) is 8.97. The van der Waals surface area contributed by atoms with Gasteiger partial charge < -0.3 is 20.2 Å². The molecule has 0 unspecified atom stereocenters. The number of benzene rings is 2. The highest BCUT2D eigenvalue weighted by atomic mass is 35.5. The van der Waals surface area contributed by atoms with Crippen LogP contribution in [-0.4, -0.2) is 45.5 Å². The Hall–Kier alpha value is -2.90. The first-order chi connectivity index (χ1) is 15.0. The molecular weight excluding hydrogens is 417 g/mol. The van der Waals surface area contributed by atoms with Gasteiger partial charge in [-0.15, -0.1) is 0 Å². The van der Waals surface area contributed by atoms with Crippen molar-refractivity contribution in [2.24, 2.45) is 5.92 Å². The molecular formula is C23H21ClFN5O. The van der Waals surface area contributed by atoms with E-state index in [1.54, 1.807) is 12.1 Å². The van der Waals surface area contributed by atoms with Gasteiger partial charge in [-0.2, -0.15) is 0 Å². The summed E-state index contributed by atoms with van der Waals surface area (Å²) in [5.74, 6) is 0.621. The quantitative estimate of drug-likeness (QED) is 0.445. The monoisotopic (exact) mass is 437 g/mol. The van der Waals surface area contributed by atoms with E-state index in [4.69, 9.17) is 11.6 Å². The normalized spacial score (nSPS) is 23.0. The zero-order valence-electron chi connectivity index (χ0n) is 16.7. The molecule has 2 aromatic carbocycles. The van der Waals surface area contributed by atoms with Gasteiger partial charge >= 0.3 is 0 Å². The topological polar surface area (TPSA) is 76.8 Å². The van der Waals surface area contributed by atoms with E-state index in [0.29, 0.717) is 38.9 Å². The zero-order valence-corrected chi connectivity index (χ0v) is 17.5. The Morgan fingerprint density at radius 1 is 1.10 bits per heavy atom. The predicted octanol–water partition coefficient (Wildman–Crippen LogP) is 4.37. The maximum absolute atomic E-state index is 13.7. The molecule has 0 saturated carbocycles. The largest absolute Gasteiger partial charge is 0.379 e. The van der Waals surface area contributed by atoms with Crippen molar-refractivity contribution in [3.05, 3.63) is 57.6 Å². The van der Waals surface area contributed by atoms with Gasteiger partial charge in [0.15, 0.2) is 0 Å². The summed E-state index contributed by atoms with van der Waals surface area (Å²) in [4.78, 5) is 26.3. The van der Waals surface area contributed by atoms with Crippen molar-refractivity contribution < 1.29 is 4.39 Å². The summed E-state index contributed by atoms with van der Waals surface area (Å²) in [5.41, 5.74) is 2.76. The lowest BCUT2D eigenvalue weighted by atomic mass is 9.83. The molecule has 158 valence electrons. The molecule has 0 radical (unpaired) electrons. The number of hydrogen-bond acceptors (Lipinski definition) is 4. The average Bonchev–Trinajstić information content (AvgIpc) is 3.17. The molecule has 3 N–H and O–H groups in total. The van der Waals surface area contributed by atoms with Crippen molar-refractivity contribution in [3.8, 4) is 11.4 Å². The summed E-state index contributed by atoms with van der Waals surface area (Å²) < 4.78 is 13.7. The summed E-state index contributed by atoms with van der Waals surface area (Å²) in [6.07, 6.45) is 2.30. The number of fused-ring (bicyclic) bond motifs is 5. The maximum Gasteiger partial charge on any atom is 0.261 e. The van der Waals surface area contributed by atoms with Crippen LogP contribution >= 0.6 is 11.6 Å². The van der Waals surface area contributed by atoms with E-state index in [-0.39, 0.29) is 17.4 Å². The SMILES string of the molecule is O=c1[nH]c2ccc(Cl)cc2c(N[C@H]2CN3CCC2CC3)c1-c1nc2ccc(F)cc2[nH]1. The molecule has 4 aromatic rings. The molecule has 31 heavy (non-hydrogen) atoms. The number of anilines is 1. The maximum atomic E-state index is 13.7. The Morgan fingerprint density at radius 2 is 1.94 bits per heavy atom. The lowest BCUT2D eigenvalue weighted by Crippen LogP contribution is -2.53. The fraction of sp³-hybridized carbons (Fsp3) is 0.304. The van der Waals surface area contributed by atoms with Crippen LogP contribution < -0.4 is 10.9 Å². The molecule has 1 atom stereocenters. The fourth-order valence-corrected chi connectivity index (χ4v) is 5.23. The van der Waals surface area contributed by atoms with Crippen LogP contribution in [0.3, 0.4) is 0 Å². The van der Waals surface area contributed by atoms with Gasteiger partial charge in [-0.3, -0.25) is 4.79 Å². The summed E-state index contributed by atoms with van der Waals surface area (Å²) in [5, 5.41) is 5.12. The van der Waals surface area contributed by atoms with E-state index < -0.39 is 0 Å². The Labute approximate surface area is 182 Å². The molecule has 0 aliphatic carbocycles. The van der Waals surface area contributed by atoms with E-state index in [9.17, 15) is 9.18 Å². The number of piperidine rings is 3. The summed E-state index contributed by atoms with van der Waals surface area (Å²) >= 11 is 6.32. The number of aromatic amines is 2. The van der Waals surface area contributed by atoms with Crippen molar-refractivity contribution in [3.63, 3.8) is 0 Å². The van der Waals surface area contributed by atoms with Crippen LogP contribution in [0.15, 0.2) is 41.2 Å². The number of imidazole rings is 1. The molecule has 3 saturated heterocycles. The third-order valence-corrected chi connectivity index (χ3v) is 6.88. The highest BCUT2D eigenvalue weighted by Gasteiger charge is 2.35. The molecule has 3 fully saturated rings. The number of rotatable bonds is 3. The average molecular weight is 438 g/mol. The van der Waals surface area contributed by atoms with Crippen LogP contribution in [-0.2, 0) is 0 Å². The molecule has 3 aliphatic rings. The number of hydrogen-bond donors (Lipinski definition) is 3. The highest BCUT2D eigenvalue weighted by Crippen LogP contribution is 2.36. The number of pyridine rings is 1. The first-order valence-corrected chi connectivity index (χ1v) is 10.9. The number of H-pyrrole nitrogens is 2. The van der Waals surface area contributed by atoms with E-state index in [1.165, 1.54) is 12.1 Å². The van der Waals surface area contributed by atoms with Gasteiger partial charge in [0.05, 0.1) is 22.2 Å². The first kappa shape index (κ1) is 18.8. The van der Waals surface area contributed by atoms with E-state index in [1.807, 2.05) is 12.1 Å². The van der Waals surface area contributed by atoms with Gasteiger partial charge in [-0.25, -0.2) is 9.37 Å². The van der Waals surface area contributed by atoms with Crippen LogP contribution in [0.2, 0.25) is 5.02 Å². The second kappa shape index (κ2) is 7.07. The Bertz CT molecular complexity index is 1370. The van der Waals surface area contributed by atoms with Gasteiger partial charge in [-0.05, 0) is 68.2 Å². The Balaban J connectivity index is 1.56. The molecule has 2 aromatic heterocycles. The van der Waals surface area contributed by atoms with Crippen LogP contribution in [0.25, 0.3) is 33.3 Å². The van der Waals surface area contributed by atoms with Crippen LogP contribution in [0, 0.1) is 11.7 Å². The lowest BCUT2D eigenvalue weighted by molar-refractivity contribution is 0.0976. The molecule has 7 rings (SSSR count). The van der Waals surface area contributed by atoms with E-state index in [0.717, 1.165) is 43.5 Å². The molecule has 8 heteroatoms. The number of halogens is 2. The van der Waals surface area contributed by atoms with Crippen LogP contribution in [0.1, 0.15) is 12.8 Å². The molecule has 2 bridgehead atoms. The van der Waals surface area contributed by atoms with Crippen molar-refractivity contribution in [1.82, 2.24) is 19.9 Å². The third-order valence-electron chi connectivity index (χ3n) is 6.64.